The number of tetrazole rings is 1. The second-order valence-corrected chi connectivity index (χ2v) is 7.70. The summed E-state index contributed by atoms with van der Waals surface area (Å²) in [5.74, 6) is 1.44. The van der Waals surface area contributed by atoms with Gasteiger partial charge in [-0.2, -0.15) is 5.10 Å². The van der Waals surface area contributed by atoms with Crippen LogP contribution in [-0.4, -0.2) is 49.5 Å². The summed E-state index contributed by atoms with van der Waals surface area (Å²) >= 11 is 0. The minimum atomic E-state index is -0.548. The Morgan fingerprint density at radius 1 is 1.23 bits per heavy atom. The van der Waals surface area contributed by atoms with Crippen LogP contribution in [0.3, 0.4) is 0 Å². The second-order valence-electron chi connectivity index (χ2n) is 7.70. The average molecular weight is 412 g/mol. The smallest absolute Gasteiger partial charge is 0.245 e. The molecular weight excluding hydrogens is 382 g/mol. The molecule has 0 aliphatic carbocycles. The van der Waals surface area contributed by atoms with Gasteiger partial charge in [-0.15, -0.1) is 5.10 Å². The third-order valence-electron chi connectivity index (χ3n) is 5.03. The molecule has 3 rings (SSSR count). The van der Waals surface area contributed by atoms with Gasteiger partial charge in [-0.1, -0.05) is 19.1 Å². The Bertz CT molecular complexity index is 995. The van der Waals surface area contributed by atoms with E-state index in [4.69, 9.17) is 4.74 Å². The highest BCUT2D eigenvalue weighted by atomic mass is 16.5. The number of aromatic nitrogens is 6. The molecule has 0 saturated heterocycles. The van der Waals surface area contributed by atoms with Crippen molar-refractivity contribution in [3.05, 3.63) is 53.1 Å². The Morgan fingerprint density at radius 2 is 2.03 bits per heavy atom. The predicted octanol–water partition coefficient (Wildman–Crippen LogP) is 2.04. The number of hydrogen-bond donors (Lipinski definition) is 1. The number of nitrogens with one attached hydrogen (secondary N) is 1. The van der Waals surface area contributed by atoms with Crippen molar-refractivity contribution in [3.63, 3.8) is 0 Å². The van der Waals surface area contributed by atoms with Crippen molar-refractivity contribution in [3.8, 4) is 5.75 Å². The molecule has 0 spiro atoms. The molecule has 0 fully saturated rings. The van der Waals surface area contributed by atoms with E-state index < -0.39 is 6.04 Å². The zero-order chi connectivity index (χ0) is 21.7. The Morgan fingerprint density at radius 3 is 2.67 bits per heavy atom. The van der Waals surface area contributed by atoms with E-state index in [9.17, 15) is 4.79 Å². The molecule has 0 unspecified atom stereocenters. The molecule has 0 saturated carbocycles. The predicted molar refractivity (Wildman–Crippen MR) is 112 cm³/mol. The number of nitrogens with zero attached hydrogens (tertiary/aromatic N) is 6. The SMILES string of the molecule is COc1cccc(C[C@@H](C(=O)NC[C@@H](C)Cn2nc(C)cc2C)n2nnnc2C)c1. The van der Waals surface area contributed by atoms with Gasteiger partial charge in [0.05, 0.1) is 12.8 Å². The van der Waals surface area contributed by atoms with Crippen LogP contribution in [0.15, 0.2) is 30.3 Å². The lowest BCUT2D eigenvalue weighted by atomic mass is 10.0. The molecule has 0 aliphatic heterocycles. The first-order valence-electron chi connectivity index (χ1n) is 10.0. The monoisotopic (exact) mass is 411 g/mol. The van der Waals surface area contributed by atoms with Crippen molar-refractivity contribution in [1.29, 1.82) is 0 Å². The average Bonchev–Trinajstić information content (AvgIpc) is 3.28. The molecule has 9 nitrogen and oxygen atoms in total. The molecule has 2 atom stereocenters. The number of aryl methyl sites for hydroxylation is 3. The first kappa shape index (κ1) is 21.5. The van der Waals surface area contributed by atoms with Gasteiger partial charge in [0.15, 0.2) is 0 Å². The molecule has 0 radical (unpaired) electrons. The van der Waals surface area contributed by atoms with Crippen molar-refractivity contribution < 1.29 is 9.53 Å². The standard InChI is InChI=1S/C21H29N7O2/c1-14(13-27-16(3)9-15(2)24-27)12-22-21(29)20(28-17(4)23-25-26-28)11-18-7-6-8-19(10-18)30-5/h6-10,14,20H,11-13H2,1-5H3,(H,22,29)/t14-,20+/m1/s1. The number of amides is 1. The van der Waals surface area contributed by atoms with Crippen LogP contribution in [0.5, 0.6) is 5.75 Å². The second kappa shape index (κ2) is 9.51. The minimum absolute atomic E-state index is 0.117. The number of carbonyl (C=O) groups excluding carboxylic acids is 1. The summed E-state index contributed by atoms with van der Waals surface area (Å²) in [7, 11) is 1.62. The van der Waals surface area contributed by atoms with E-state index in [0.717, 1.165) is 29.2 Å². The van der Waals surface area contributed by atoms with Gasteiger partial charge < -0.3 is 10.1 Å². The van der Waals surface area contributed by atoms with Gasteiger partial charge >= 0.3 is 0 Å². The number of methoxy groups -OCH3 is 1. The molecule has 2 heterocycles. The third kappa shape index (κ3) is 5.22. The molecule has 1 N–H and O–H groups in total. The van der Waals surface area contributed by atoms with Crippen LogP contribution in [0.4, 0.5) is 0 Å². The summed E-state index contributed by atoms with van der Waals surface area (Å²) in [6.45, 7) is 9.17. The maximum absolute atomic E-state index is 13.1. The van der Waals surface area contributed by atoms with E-state index in [2.05, 4.69) is 38.9 Å². The van der Waals surface area contributed by atoms with Crippen LogP contribution < -0.4 is 10.1 Å². The molecule has 0 bridgehead atoms. The van der Waals surface area contributed by atoms with Crippen LogP contribution in [0.2, 0.25) is 0 Å². The lowest BCUT2D eigenvalue weighted by molar-refractivity contribution is -0.124. The molecule has 1 amide bonds. The van der Waals surface area contributed by atoms with Crippen LogP contribution in [0.25, 0.3) is 0 Å². The van der Waals surface area contributed by atoms with Crippen molar-refractivity contribution in [2.75, 3.05) is 13.7 Å². The molecule has 0 aliphatic rings. The largest absolute Gasteiger partial charge is 0.497 e. The lowest BCUT2D eigenvalue weighted by Crippen LogP contribution is -2.38. The Balaban J connectivity index is 1.69. The van der Waals surface area contributed by atoms with Crippen molar-refractivity contribution in [1.82, 2.24) is 35.3 Å². The summed E-state index contributed by atoms with van der Waals surface area (Å²) in [5.41, 5.74) is 3.09. The van der Waals surface area contributed by atoms with Crippen LogP contribution in [0, 0.1) is 26.7 Å². The van der Waals surface area contributed by atoms with E-state index >= 15 is 0 Å². The van der Waals surface area contributed by atoms with Crippen LogP contribution in [0.1, 0.15) is 35.7 Å². The molecule has 160 valence electrons. The van der Waals surface area contributed by atoms with Gasteiger partial charge in [-0.05, 0) is 60.9 Å². The molecule has 1 aromatic carbocycles. The van der Waals surface area contributed by atoms with Gasteiger partial charge in [0.2, 0.25) is 5.91 Å². The normalized spacial score (nSPS) is 13.1. The maximum atomic E-state index is 13.1. The van der Waals surface area contributed by atoms with Crippen molar-refractivity contribution >= 4 is 5.91 Å². The Hall–Kier alpha value is -3.23. The minimum Gasteiger partial charge on any atom is -0.497 e. The highest BCUT2D eigenvalue weighted by Gasteiger charge is 2.24. The number of benzene rings is 1. The number of hydrogen-bond acceptors (Lipinski definition) is 6. The first-order chi connectivity index (χ1) is 14.4. The quantitative estimate of drug-likeness (QED) is 0.578. The van der Waals surface area contributed by atoms with E-state index in [-0.39, 0.29) is 11.8 Å². The van der Waals surface area contributed by atoms with Crippen LogP contribution in [-0.2, 0) is 17.8 Å². The highest BCUT2D eigenvalue weighted by molar-refractivity contribution is 5.80. The van der Waals surface area contributed by atoms with Gasteiger partial charge in [-0.3, -0.25) is 9.48 Å². The maximum Gasteiger partial charge on any atom is 0.245 e. The van der Waals surface area contributed by atoms with E-state index in [1.165, 1.54) is 0 Å². The Kier molecular flexibility index (Phi) is 6.81. The van der Waals surface area contributed by atoms with Crippen molar-refractivity contribution in [2.45, 2.75) is 46.7 Å². The summed E-state index contributed by atoms with van der Waals surface area (Å²) in [6.07, 6.45) is 0.459. The van der Waals surface area contributed by atoms with E-state index in [1.807, 2.05) is 42.8 Å². The summed E-state index contributed by atoms with van der Waals surface area (Å²) in [4.78, 5) is 13.1. The zero-order valence-corrected chi connectivity index (χ0v) is 18.2. The lowest BCUT2D eigenvalue weighted by Gasteiger charge is -2.20. The van der Waals surface area contributed by atoms with Crippen LogP contribution >= 0.6 is 0 Å². The summed E-state index contributed by atoms with van der Waals surface area (Å²) in [6, 6.07) is 9.18. The topological polar surface area (TPSA) is 99.8 Å². The summed E-state index contributed by atoms with van der Waals surface area (Å²) < 4.78 is 8.85. The van der Waals surface area contributed by atoms with Gasteiger partial charge in [0.25, 0.3) is 0 Å². The molecule has 9 heteroatoms. The molecule has 2 aromatic heterocycles. The number of ether oxygens (including phenoxy) is 1. The molecule has 3 aromatic rings. The molecule has 30 heavy (non-hydrogen) atoms. The summed E-state index contributed by atoms with van der Waals surface area (Å²) in [5, 5.41) is 19.3. The van der Waals surface area contributed by atoms with Gasteiger partial charge in [0.1, 0.15) is 17.6 Å². The Labute approximate surface area is 176 Å². The van der Waals surface area contributed by atoms with E-state index in [1.54, 1.807) is 18.7 Å². The zero-order valence-electron chi connectivity index (χ0n) is 18.2. The van der Waals surface area contributed by atoms with E-state index in [0.29, 0.717) is 18.8 Å². The molecular formula is C21H29N7O2. The fraction of sp³-hybridized carbons (Fsp3) is 0.476. The third-order valence-corrected chi connectivity index (χ3v) is 5.03. The fourth-order valence-electron chi connectivity index (χ4n) is 3.45. The first-order valence-corrected chi connectivity index (χ1v) is 10.0. The van der Waals surface area contributed by atoms with Crippen molar-refractivity contribution in [2.24, 2.45) is 5.92 Å². The van der Waals surface area contributed by atoms with Gasteiger partial charge in [-0.25, -0.2) is 4.68 Å². The fourth-order valence-corrected chi connectivity index (χ4v) is 3.45. The number of carbonyl (C=O) groups is 1. The van der Waals surface area contributed by atoms with Gasteiger partial charge in [0, 0.05) is 25.2 Å². The number of rotatable bonds is 9. The highest BCUT2D eigenvalue weighted by Crippen LogP contribution is 2.19.